The van der Waals surface area contributed by atoms with Crippen molar-refractivity contribution < 1.29 is 4.79 Å². The summed E-state index contributed by atoms with van der Waals surface area (Å²) >= 11 is 1.93. The zero-order valence-corrected chi connectivity index (χ0v) is 12.1. The van der Waals surface area contributed by atoms with E-state index in [0.717, 1.165) is 17.9 Å². The highest BCUT2D eigenvalue weighted by Gasteiger charge is 2.61. The van der Waals surface area contributed by atoms with E-state index in [2.05, 4.69) is 25.2 Å². The molecule has 1 aliphatic carbocycles. The summed E-state index contributed by atoms with van der Waals surface area (Å²) < 4.78 is 0. The smallest absolute Gasteiger partial charge is 0.230 e. The summed E-state index contributed by atoms with van der Waals surface area (Å²) in [7, 11) is 0. The van der Waals surface area contributed by atoms with E-state index in [0.29, 0.717) is 23.1 Å². The lowest BCUT2D eigenvalue weighted by atomic mass is 9.55. The van der Waals surface area contributed by atoms with E-state index in [1.807, 2.05) is 11.8 Å². The van der Waals surface area contributed by atoms with E-state index in [1.165, 1.54) is 0 Å². The molecule has 19 heavy (non-hydrogen) atoms. The molecule has 1 spiro atoms. The molecule has 2 bridgehead atoms. The Morgan fingerprint density at radius 1 is 1.58 bits per heavy atom. The third-order valence-electron chi connectivity index (χ3n) is 5.00. The van der Waals surface area contributed by atoms with E-state index in [9.17, 15) is 10.1 Å². The topological polar surface area (TPSA) is 78.9 Å². The van der Waals surface area contributed by atoms with Crippen LogP contribution < -0.4 is 11.1 Å². The van der Waals surface area contributed by atoms with Crippen molar-refractivity contribution in [3.05, 3.63) is 11.3 Å². The molecule has 0 aromatic heterocycles. The molecule has 0 saturated carbocycles. The average Bonchev–Trinajstić information content (AvgIpc) is 2.36. The van der Waals surface area contributed by atoms with Gasteiger partial charge in [0, 0.05) is 11.6 Å². The van der Waals surface area contributed by atoms with Gasteiger partial charge in [-0.05, 0) is 29.8 Å². The van der Waals surface area contributed by atoms with Gasteiger partial charge in [0.15, 0.2) is 0 Å². The van der Waals surface area contributed by atoms with Crippen molar-refractivity contribution in [1.82, 2.24) is 5.32 Å². The van der Waals surface area contributed by atoms with Gasteiger partial charge in [-0.1, -0.05) is 13.8 Å². The largest absolute Gasteiger partial charge is 0.401 e. The fourth-order valence-electron chi connectivity index (χ4n) is 4.22. The Morgan fingerprint density at radius 3 is 2.95 bits per heavy atom. The van der Waals surface area contributed by atoms with Crippen LogP contribution in [0, 0.1) is 35.0 Å². The van der Waals surface area contributed by atoms with Gasteiger partial charge in [0.25, 0.3) is 0 Å². The second-order valence-corrected chi connectivity index (χ2v) is 7.28. The van der Waals surface area contributed by atoms with Crippen LogP contribution in [0.25, 0.3) is 0 Å². The first-order valence-corrected chi connectivity index (χ1v) is 7.98. The number of nitrogens with one attached hydrogen (secondary N) is 1. The standard InChI is InChI=1S/C14H19N3OS/c1-7(2)10-9-6-19-4-3-14(9)8(5-15)12(16)11(10)13(18)17-14/h7,9-11H,3-4,6,16H2,1-2H3,(H,17,18)/t9?,10-,11+,14+/m0/s1. The molecule has 4 aliphatic rings. The van der Waals surface area contributed by atoms with Gasteiger partial charge in [-0.25, -0.2) is 0 Å². The number of thioether (sulfide) groups is 1. The van der Waals surface area contributed by atoms with Gasteiger partial charge in [-0.15, -0.1) is 0 Å². The first kappa shape index (κ1) is 12.9. The Bertz CT molecular complexity index is 507. The van der Waals surface area contributed by atoms with Crippen molar-refractivity contribution in [1.29, 1.82) is 5.26 Å². The number of hydrogen-bond acceptors (Lipinski definition) is 4. The van der Waals surface area contributed by atoms with Crippen molar-refractivity contribution in [3.63, 3.8) is 0 Å². The summed E-state index contributed by atoms with van der Waals surface area (Å²) in [4.78, 5) is 12.4. The summed E-state index contributed by atoms with van der Waals surface area (Å²) in [6.07, 6.45) is 0.827. The van der Waals surface area contributed by atoms with Crippen LogP contribution in [0.15, 0.2) is 11.3 Å². The van der Waals surface area contributed by atoms with Gasteiger partial charge >= 0.3 is 0 Å². The number of hydrogen-bond donors (Lipinski definition) is 2. The van der Waals surface area contributed by atoms with E-state index >= 15 is 0 Å². The van der Waals surface area contributed by atoms with Crippen LogP contribution in [-0.2, 0) is 4.79 Å². The van der Waals surface area contributed by atoms with Crippen molar-refractivity contribution in [3.8, 4) is 6.07 Å². The first-order valence-electron chi connectivity index (χ1n) is 6.83. The molecule has 3 N–H and O–H groups in total. The quantitative estimate of drug-likeness (QED) is 0.756. The second-order valence-electron chi connectivity index (χ2n) is 6.13. The normalized spacial score (nSPS) is 40.9. The molecule has 0 aromatic carbocycles. The van der Waals surface area contributed by atoms with Crippen molar-refractivity contribution in [2.75, 3.05) is 11.5 Å². The highest BCUT2D eigenvalue weighted by molar-refractivity contribution is 7.99. The summed E-state index contributed by atoms with van der Waals surface area (Å²) in [5.41, 5.74) is 6.88. The maximum Gasteiger partial charge on any atom is 0.230 e. The Labute approximate surface area is 117 Å². The molecular formula is C14H19N3OS. The summed E-state index contributed by atoms with van der Waals surface area (Å²) in [5, 5.41) is 12.6. The number of rotatable bonds is 1. The van der Waals surface area contributed by atoms with Crippen LogP contribution in [-0.4, -0.2) is 23.0 Å². The lowest BCUT2D eigenvalue weighted by molar-refractivity contribution is -0.136. The number of nitriles is 1. The van der Waals surface area contributed by atoms with Crippen LogP contribution in [0.1, 0.15) is 20.3 Å². The molecule has 4 nitrogen and oxygen atoms in total. The molecule has 4 rings (SSSR count). The fraction of sp³-hybridized carbons (Fsp3) is 0.714. The van der Waals surface area contributed by atoms with E-state index in [-0.39, 0.29) is 17.7 Å². The molecule has 2 fully saturated rings. The third-order valence-corrected chi connectivity index (χ3v) is 6.09. The average molecular weight is 277 g/mol. The minimum Gasteiger partial charge on any atom is -0.401 e. The zero-order chi connectivity index (χ0) is 13.8. The molecule has 1 unspecified atom stereocenters. The molecule has 5 heteroatoms. The molecule has 0 radical (unpaired) electrons. The monoisotopic (exact) mass is 277 g/mol. The molecule has 1 amide bonds. The second kappa shape index (κ2) is 4.17. The maximum absolute atomic E-state index is 12.4. The Hall–Kier alpha value is -1.15. The Morgan fingerprint density at radius 2 is 2.32 bits per heavy atom. The fourth-order valence-corrected chi connectivity index (χ4v) is 5.61. The van der Waals surface area contributed by atoms with Gasteiger partial charge in [-0.3, -0.25) is 4.79 Å². The molecule has 102 valence electrons. The zero-order valence-electron chi connectivity index (χ0n) is 11.3. The van der Waals surface area contributed by atoms with E-state index < -0.39 is 5.54 Å². The molecule has 0 aromatic rings. The lowest BCUT2D eigenvalue weighted by Gasteiger charge is -2.58. The Balaban J connectivity index is 2.20. The molecular weight excluding hydrogens is 258 g/mol. The number of nitrogens with zero attached hydrogens (tertiary/aromatic N) is 1. The lowest BCUT2D eigenvalue weighted by Crippen LogP contribution is -2.71. The van der Waals surface area contributed by atoms with Crippen molar-refractivity contribution in [2.45, 2.75) is 25.8 Å². The third kappa shape index (κ3) is 1.50. The Kier molecular flexibility index (Phi) is 2.82. The summed E-state index contributed by atoms with van der Waals surface area (Å²) in [6.45, 7) is 4.32. The van der Waals surface area contributed by atoms with Crippen molar-refractivity contribution in [2.24, 2.45) is 29.4 Å². The molecule has 4 atom stereocenters. The van der Waals surface area contributed by atoms with Gasteiger partial charge in [-0.2, -0.15) is 17.0 Å². The van der Waals surface area contributed by atoms with Crippen LogP contribution in [0.5, 0.6) is 0 Å². The molecule has 3 aliphatic heterocycles. The van der Waals surface area contributed by atoms with Gasteiger partial charge < -0.3 is 11.1 Å². The summed E-state index contributed by atoms with van der Waals surface area (Å²) in [6, 6.07) is 2.29. The molecule has 3 heterocycles. The SMILES string of the molecule is CC(C)[C@H]1C2CSCC[C@]23NC(=O)[C@H]1C(N)=C3C#N. The highest BCUT2D eigenvalue weighted by Crippen LogP contribution is 2.54. The highest BCUT2D eigenvalue weighted by atomic mass is 32.2. The van der Waals surface area contributed by atoms with Crippen LogP contribution in [0.3, 0.4) is 0 Å². The minimum absolute atomic E-state index is 0.0263. The van der Waals surface area contributed by atoms with Crippen LogP contribution >= 0.6 is 11.8 Å². The number of carbonyl (C=O) groups excluding carboxylic acids is 1. The predicted octanol–water partition coefficient (Wildman–Crippen LogP) is 1.25. The number of nitrogens with two attached hydrogens (primary N) is 1. The first-order chi connectivity index (χ1) is 9.03. The number of amides is 1. The number of carbonyl (C=O) groups is 1. The van der Waals surface area contributed by atoms with Crippen molar-refractivity contribution >= 4 is 17.7 Å². The predicted molar refractivity (Wildman–Crippen MR) is 75.0 cm³/mol. The number of fused-ring (bicyclic) bond motifs is 1. The van der Waals surface area contributed by atoms with E-state index in [1.54, 1.807) is 0 Å². The summed E-state index contributed by atoms with van der Waals surface area (Å²) in [5.74, 6) is 2.72. The van der Waals surface area contributed by atoms with Gasteiger partial charge in [0.05, 0.1) is 23.1 Å². The molecule has 2 saturated heterocycles. The van der Waals surface area contributed by atoms with Gasteiger partial charge in [0.1, 0.15) is 0 Å². The minimum atomic E-state index is -0.481. The van der Waals surface area contributed by atoms with E-state index in [4.69, 9.17) is 5.73 Å². The number of piperidine rings is 1. The maximum atomic E-state index is 12.4. The van der Waals surface area contributed by atoms with Crippen LogP contribution in [0.2, 0.25) is 0 Å². The van der Waals surface area contributed by atoms with Crippen LogP contribution in [0.4, 0.5) is 0 Å². The van der Waals surface area contributed by atoms with Gasteiger partial charge in [0.2, 0.25) is 5.91 Å².